The molecule has 0 aliphatic carbocycles. The summed E-state index contributed by atoms with van der Waals surface area (Å²) in [6.07, 6.45) is 17.1. The molecule has 37 heavy (non-hydrogen) atoms. The van der Waals surface area contributed by atoms with E-state index >= 15 is 0 Å². The fourth-order valence-corrected chi connectivity index (χ4v) is 4.85. The summed E-state index contributed by atoms with van der Waals surface area (Å²) in [6, 6.07) is -0.630. The number of quaternary nitrogens is 1. The minimum absolute atomic E-state index is 0.0181. The van der Waals surface area contributed by atoms with Crippen LogP contribution >= 0.6 is 7.82 Å². The summed E-state index contributed by atoms with van der Waals surface area (Å²) in [5.41, 5.74) is 5.39. The van der Waals surface area contributed by atoms with Crippen LogP contribution in [0.3, 0.4) is 0 Å². The number of carbonyl (C=O) groups is 1. The van der Waals surface area contributed by atoms with Crippen LogP contribution in [0.2, 0.25) is 0 Å². The van der Waals surface area contributed by atoms with Crippen molar-refractivity contribution in [1.82, 2.24) is 4.90 Å². The number of likely N-dealkylation sites (N-methyl/N-ethyl adjacent to an activating group) is 2. The molecule has 10 heteroatoms. The molecule has 0 fully saturated rings. The van der Waals surface area contributed by atoms with Crippen LogP contribution in [0.1, 0.15) is 104 Å². The van der Waals surface area contributed by atoms with Crippen LogP contribution in [0.5, 0.6) is 0 Å². The maximum atomic E-state index is 12.3. The second kappa shape index (κ2) is 22.2. The molecule has 0 bridgehead atoms. The number of carbonyl (C=O) groups excluding carboxylic acids is 1. The van der Waals surface area contributed by atoms with Gasteiger partial charge in [-0.3, -0.25) is 4.57 Å². The molecule has 222 valence electrons. The van der Waals surface area contributed by atoms with Gasteiger partial charge in [-0.05, 0) is 13.3 Å². The summed E-state index contributed by atoms with van der Waals surface area (Å²) < 4.78 is 28.9. The number of urea groups is 1. The zero-order chi connectivity index (χ0) is 28.0. The Morgan fingerprint density at radius 2 is 1.35 bits per heavy atom. The van der Waals surface area contributed by atoms with Crippen LogP contribution in [-0.4, -0.2) is 82.1 Å². The second-order valence-electron chi connectivity index (χ2n) is 11.1. The first-order valence-corrected chi connectivity index (χ1v) is 16.0. The van der Waals surface area contributed by atoms with Gasteiger partial charge >= 0.3 is 6.03 Å². The van der Waals surface area contributed by atoms with Crippen molar-refractivity contribution in [1.29, 1.82) is 0 Å². The van der Waals surface area contributed by atoms with E-state index in [2.05, 4.69) is 6.92 Å². The van der Waals surface area contributed by atoms with E-state index in [-0.39, 0.29) is 19.8 Å². The first kappa shape index (κ1) is 36.3. The van der Waals surface area contributed by atoms with E-state index in [0.717, 1.165) is 12.8 Å². The lowest BCUT2D eigenvalue weighted by Crippen LogP contribution is -2.43. The minimum atomic E-state index is -4.54. The molecule has 0 aromatic rings. The van der Waals surface area contributed by atoms with Gasteiger partial charge in [0.2, 0.25) is 0 Å². The van der Waals surface area contributed by atoms with Gasteiger partial charge in [0, 0.05) is 13.2 Å². The standard InChI is InChI=1S/C27H58N3O6P/c1-6-8-9-10-11-12-13-14-15-16-17-18-19-20-22-34-25-26(24-29(7-2)27(28)31)36-37(32,33)35-23-21-30(3,4)5/h26H,6-25H2,1-5H3,(H2-,28,31,32,33). The number of primary amides is 1. The highest BCUT2D eigenvalue weighted by Crippen LogP contribution is 2.40. The molecular formula is C27H58N3O6P. The SMILES string of the molecule is CCCCCCCCCCCCCCCCOCC(CN(CC)C(N)=O)OP(=O)([O-])OCC[N+](C)(C)C. The summed E-state index contributed by atoms with van der Waals surface area (Å²) in [5.74, 6) is 0. The monoisotopic (exact) mass is 551 g/mol. The Morgan fingerprint density at radius 1 is 0.865 bits per heavy atom. The van der Waals surface area contributed by atoms with Crippen molar-refractivity contribution < 1.29 is 32.5 Å². The van der Waals surface area contributed by atoms with E-state index < -0.39 is 20.0 Å². The van der Waals surface area contributed by atoms with Crippen molar-refractivity contribution in [2.75, 3.05) is 60.6 Å². The Labute approximate surface area is 227 Å². The van der Waals surface area contributed by atoms with Gasteiger partial charge in [-0.25, -0.2) is 4.79 Å². The van der Waals surface area contributed by atoms with E-state index in [0.29, 0.717) is 24.2 Å². The Kier molecular flexibility index (Phi) is 21.7. The maximum absolute atomic E-state index is 12.3. The minimum Gasteiger partial charge on any atom is -0.756 e. The highest BCUT2D eigenvalue weighted by molar-refractivity contribution is 7.45. The lowest BCUT2D eigenvalue weighted by Gasteiger charge is -2.32. The summed E-state index contributed by atoms with van der Waals surface area (Å²) in [7, 11) is 1.29. The van der Waals surface area contributed by atoms with Gasteiger partial charge in [-0.15, -0.1) is 0 Å². The third-order valence-electron chi connectivity index (χ3n) is 6.35. The van der Waals surface area contributed by atoms with Crippen molar-refractivity contribution >= 4 is 13.9 Å². The van der Waals surface area contributed by atoms with E-state index in [1.165, 1.54) is 81.9 Å². The fraction of sp³-hybridized carbons (Fsp3) is 0.963. The number of nitrogens with zero attached hydrogens (tertiary/aromatic N) is 2. The van der Waals surface area contributed by atoms with Gasteiger partial charge in [-0.2, -0.15) is 0 Å². The van der Waals surface area contributed by atoms with E-state index in [1.54, 1.807) is 6.92 Å². The zero-order valence-corrected chi connectivity index (χ0v) is 25.5. The average molecular weight is 552 g/mol. The number of nitrogens with two attached hydrogens (primary N) is 1. The second-order valence-corrected chi connectivity index (χ2v) is 12.4. The zero-order valence-electron chi connectivity index (χ0n) is 24.6. The van der Waals surface area contributed by atoms with Crippen molar-refractivity contribution in [3.8, 4) is 0 Å². The van der Waals surface area contributed by atoms with Crippen molar-refractivity contribution in [2.45, 2.75) is 110 Å². The first-order chi connectivity index (χ1) is 17.5. The normalized spacial score (nSPS) is 14.4. The Morgan fingerprint density at radius 3 is 1.78 bits per heavy atom. The molecule has 2 atom stereocenters. The summed E-state index contributed by atoms with van der Waals surface area (Å²) in [6.45, 7) is 5.50. The molecule has 9 nitrogen and oxygen atoms in total. The molecule has 0 aliphatic rings. The molecule has 0 aromatic heterocycles. The molecule has 0 saturated carbocycles. The highest BCUT2D eigenvalue weighted by atomic mass is 31.2. The number of phosphoric ester groups is 1. The molecular weight excluding hydrogens is 493 g/mol. The molecule has 0 aliphatic heterocycles. The third kappa shape index (κ3) is 24.1. The van der Waals surface area contributed by atoms with Crippen molar-refractivity contribution in [3.05, 3.63) is 0 Å². The van der Waals surface area contributed by atoms with Crippen LogP contribution < -0.4 is 10.6 Å². The van der Waals surface area contributed by atoms with Gasteiger partial charge in [0.05, 0.1) is 34.3 Å². The van der Waals surface area contributed by atoms with Crippen LogP contribution in [-0.2, 0) is 18.3 Å². The van der Waals surface area contributed by atoms with E-state index in [1.807, 2.05) is 21.1 Å². The third-order valence-corrected chi connectivity index (χ3v) is 7.41. The van der Waals surface area contributed by atoms with Crippen LogP contribution in [0.15, 0.2) is 0 Å². The number of rotatable bonds is 26. The first-order valence-electron chi connectivity index (χ1n) is 14.6. The van der Waals surface area contributed by atoms with Gasteiger partial charge in [0.1, 0.15) is 19.3 Å². The van der Waals surface area contributed by atoms with Gasteiger partial charge in [0.15, 0.2) is 0 Å². The number of hydrogen-bond acceptors (Lipinski definition) is 6. The topological polar surface area (TPSA) is 114 Å². The predicted octanol–water partition coefficient (Wildman–Crippen LogP) is 5.46. The molecule has 0 rings (SSSR count). The largest absolute Gasteiger partial charge is 0.756 e. The van der Waals surface area contributed by atoms with E-state index in [4.69, 9.17) is 19.5 Å². The fourth-order valence-electron chi connectivity index (χ4n) is 3.99. The van der Waals surface area contributed by atoms with Crippen molar-refractivity contribution in [3.63, 3.8) is 0 Å². The molecule has 0 aromatic carbocycles. The number of hydrogen-bond donors (Lipinski definition) is 1. The Bertz CT molecular complexity index is 603. The maximum Gasteiger partial charge on any atom is 0.314 e. The molecule has 0 saturated heterocycles. The smallest absolute Gasteiger partial charge is 0.314 e. The van der Waals surface area contributed by atoms with Crippen LogP contribution in [0, 0.1) is 0 Å². The number of unbranched alkanes of at least 4 members (excludes halogenated alkanes) is 13. The van der Waals surface area contributed by atoms with Crippen LogP contribution in [0.4, 0.5) is 4.79 Å². The molecule has 2 amide bonds. The highest BCUT2D eigenvalue weighted by Gasteiger charge is 2.23. The summed E-state index contributed by atoms with van der Waals surface area (Å²) in [4.78, 5) is 25.3. The molecule has 0 radical (unpaired) electrons. The number of amides is 2. The van der Waals surface area contributed by atoms with Gasteiger partial charge in [-0.1, -0.05) is 90.4 Å². The summed E-state index contributed by atoms with van der Waals surface area (Å²) in [5, 5.41) is 0. The average Bonchev–Trinajstić information content (AvgIpc) is 2.80. The quantitative estimate of drug-likeness (QED) is 0.0867. The lowest BCUT2D eigenvalue weighted by atomic mass is 10.0. The van der Waals surface area contributed by atoms with Crippen molar-refractivity contribution in [2.24, 2.45) is 5.73 Å². The predicted molar refractivity (Wildman–Crippen MR) is 149 cm³/mol. The van der Waals surface area contributed by atoms with Gasteiger partial charge < -0.3 is 33.8 Å². The molecule has 0 heterocycles. The lowest BCUT2D eigenvalue weighted by molar-refractivity contribution is -0.870. The number of phosphoric acid groups is 1. The molecule has 0 spiro atoms. The van der Waals surface area contributed by atoms with Crippen LogP contribution in [0.25, 0.3) is 0 Å². The number of ether oxygens (including phenoxy) is 1. The Balaban J connectivity index is 4.11. The molecule has 2 unspecified atom stereocenters. The summed E-state index contributed by atoms with van der Waals surface area (Å²) >= 11 is 0. The Hall–Kier alpha value is -0.700. The molecule has 2 N–H and O–H groups in total. The van der Waals surface area contributed by atoms with E-state index in [9.17, 15) is 14.3 Å². The van der Waals surface area contributed by atoms with Gasteiger partial charge in [0.25, 0.3) is 7.82 Å².